The van der Waals surface area contributed by atoms with Crippen LogP contribution in [-0.2, 0) is 19.6 Å². The van der Waals surface area contributed by atoms with Gasteiger partial charge in [0.15, 0.2) is 0 Å². The maximum atomic E-state index is 12.5. The normalized spacial score (nSPS) is 10.9. The zero-order valence-electron chi connectivity index (χ0n) is 15.2. The molecule has 0 radical (unpaired) electrons. The number of amides is 1. The summed E-state index contributed by atoms with van der Waals surface area (Å²) < 4.78 is 4.68. The lowest BCUT2D eigenvalue weighted by molar-refractivity contribution is 0.0950. The van der Waals surface area contributed by atoms with Crippen molar-refractivity contribution in [2.75, 3.05) is 0 Å². The van der Waals surface area contributed by atoms with Crippen LogP contribution in [0, 0.1) is 13.8 Å². The number of nitrogens with zero attached hydrogens (tertiary/aromatic N) is 4. The van der Waals surface area contributed by atoms with Crippen LogP contribution >= 0.6 is 15.9 Å². The van der Waals surface area contributed by atoms with Gasteiger partial charge in [-0.25, -0.2) is 0 Å². The van der Waals surface area contributed by atoms with Crippen LogP contribution in [0.1, 0.15) is 39.9 Å². The van der Waals surface area contributed by atoms with Gasteiger partial charge in [0.1, 0.15) is 0 Å². The Morgan fingerprint density at radius 1 is 1.23 bits per heavy atom. The molecule has 0 aliphatic carbocycles. The quantitative estimate of drug-likeness (QED) is 0.670. The Labute approximate surface area is 161 Å². The molecule has 7 heteroatoms. The third-order valence-corrected chi connectivity index (χ3v) is 4.81. The van der Waals surface area contributed by atoms with E-state index in [-0.39, 0.29) is 5.91 Å². The molecule has 3 aromatic rings. The van der Waals surface area contributed by atoms with E-state index < -0.39 is 0 Å². The van der Waals surface area contributed by atoms with E-state index in [1.807, 2.05) is 66.7 Å². The first-order valence-corrected chi connectivity index (χ1v) is 9.35. The number of aromatic nitrogens is 4. The molecule has 6 nitrogen and oxygen atoms in total. The second-order valence-corrected chi connectivity index (χ2v) is 7.10. The van der Waals surface area contributed by atoms with Crippen molar-refractivity contribution in [3.63, 3.8) is 0 Å². The van der Waals surface area contributed by atoms with Crippen LogP contribution in [0.25, 0.3) is 0 Å². The molecule has 0 saturated carbocycles. The number of hydrogen-bond donors (Lipinski definition) is 1. The maximum Gasteiger partial charge on any atom is 0.251 e. The van der Waals surface area contributed by atoms with Crippen LogP contribution in [0.4, 0.5) is 0 Å². The zero-order valence-corrected chi connectivity index (χ0v) is 16.7. The fourth-order valence-electron chi connectivity index (χ4n) is 2.80. The van der Waals surface area contributed by atoms with E-state index in [1.165, 1.54) is 0 Å². The number of carbonyl (C=O) groups excluding carboxylic acids is 1. The molecule has 136 valence electrons. The molecule has 1 amide bonds. The van der Waals surface area contributed by atoms with Gasteiger partial charge in [0.2, 0.25) is 0 Å². The van der Waals surface area contributed by atoms with E-state index >= 15 is 0 Å². The van der Waals surface area contributed by atoms with Gasteiger partial charge in [-0.2, -0.15) is 10.2 Å². The van der Waals surface area contributed by atoms with E-state index in [2.05, 4.69) is 31.4 Å². The van der Waals surface area contributed by atoms with Crippen molar-refractivity contribution in [1.29, 1.82) is 0 Å². The summed E-state index contributed by atoms with van der Waals surface area (Å²) in [5.41, 5.74) is 4.59. The first kappa shape index (κ1) is 18.4. The Balaban J connectivity index is 1.67. The summed E-state index contributed by atoms with van der Waals surface area (Å²) in [4.78, 5) is 12.5. The summed E-state index contributed by atoms with van der Waals surface area (Å²) in [6.07, 6.45) is 1.91. The average Bonchev–Trinajstić information content (AvgIpc) is 3.14. The standard InChI is InChI=1S/C19H22BrN5O/c1-4-24-12-17(20)18(23-24)10-21-19(26)16-7-5-6-15(9-16)11-25-14(3)8-13(2)22-25/h5-9,12H,4,10-11H2,1-3H3,(H,21,26). The van der Waals surface area contributed by atoms with E-state index in [9.17, 15) is 4.79 Å². The summed E-state index contributed by atoms with van der Waals surface area (Å²) in [6.45, 7) is 7.85. The van der Waals surface area contributed by atoms with Crippen molar-refractivity contribution in [1.82, 2.24) is 24.9 Å². The molecule has 26 heavy (non-hydrogen) atoms. The number of nitrogens with one attached hydrogen (secondary N) is 1. The largest absolute Gasteiger partial charge is 0.346 e. The molecule has 0 fully saturated rings. The molecule has 0 unspecified atom stereocenters. The minimum atomic E-state index is -0.113. The van der Waals surface area contributed by atoms with Gasteiger partial charge >= 0.3 is 0 Å². The van der Waals surface area contributed by atoms with Crippen molar-refractivity contribution in [2.24, 2.45) is 0 Å². The van der Waals surface area contributed by atoms with Gasteiger partial charge in [-0.3, -0.25) is 14.2 Å². The average molecular weight is 416 g/mol. The lowest BCUT2D eigenvalue weighted by Gasteiger charge is -2.08. The second-order valence-electron chi connectivity index (χ2n) is 6.25. The van der Waals surface area contributed by atoms with E-state index in [1.54, 1.807) is 0 Å². The van der Waals surface area contributed by atoms with Gasteiger partial charge in [0.25, 0.3) is 5.91 Å². The number of halogens is 1. The summed E-state index contributed by atoms with van der Waals surface area (Å²) in [6, 6.07) is 9.68. The summed E-state index contributed by atoms with van der Waals surface area (Å²) in [7, 11) is 0. The summed E-state index contributed by atoms with van der Waals surface area (Å²) >= 11 is 3.48. The highest BCUT2D eigenvalue weighted by atomic mass is 79.9. The third-order valence-electron chi connectivity index (χ3n) is 4.15. The van der Waals surface area contributed by atoms with Gasteiger partial charge in [-0.15, -0.1) is 0 Å². The monoisotopic (exact) mass is 415 g/mol. The van der Waals surface area contributed by atoms with Crippen LogP contribution in [0.5, 0.6) is 0 Å². The fraction of sp³-hybridized carbons (Fsp3) is 0.316. The van der Waals surface area contributed by atoms with Crippen molar-refractivity contribution in [3.05, 3.63) is 69.2 Å². The minimum Gasteiger partial charge on any atom is -0.346 e. The predicted molar refractivity (Wildman–Crippen MR) is 104 cm³/mol. The molecular formula is C19H22BrN5O. The first-order valence-electron chi connectivity index (χ1n) is 8.56. The van der Waals surface area contributed by atoms with Crippen molar-refractivity contribution >= 4 is 21.8 Å². The number of aryl methyl sites for hydroxylation is 3. The summed E-state index contributed by atoms with van der Waals surface area (Å²) in [5.74, 6) is -0.113. The molecule has 0 saturated heterocycles. The molecule has 0 aliphatic heterocycles. The maximum absolute atomic E-state index is 12.5. The Kier molecular flexibility index (Phi) is 5.56. The molecule has 2 aromatic heterocycles. The van der Waals surface area contributed by atoms with Crippen LogP contribution in [0.2, 0.25) is 0 Å². The lowest BCUT2D eigenvalue weighted by atomic mass is 10.1. The molecule has 2 heterocycles. The van der Waals surface area contributed by atoms with Gasteiger partial charge < -0.3 is 5.32 Å². The zero-order chi connectivity index (χ0) is 18.7. The number of carbonyl (C=O) groups is 1. The Bertz CT molecular complexity index is 928. The SMILES string of the molecule is CCn1cc(Br)c(CNC(=O)c2cccc(Cn3nc(C)cc3C)c2)n1. The van der Waals surface area contributed by atoms with Gasteiger partial charge in [0, 0.05) is 24.0 Å². The number of rotatable bonds is 6. The highest BCUT2D eigenvalue weighted by Crippen LogP contribution is 2.15. The minimum absolute atomic E-state index is 0.113. The Hall–Kier alpha value is -2.41. The molecule has 0 spiro atoms. The molecule has 3 rings (SSSR count). The van der Waals surface area contributed by atoms with E-state index in [0.29, 0.717) is 18.7 Å². The van der Waals surface area contributed by atoms with Crippen molar-refractivity contribution in [3.8, 4) is 0 Å². The van der Waals surface area contributed by atoms with Crippen molar-refractivity contribution < 1.29 is 4.79 Å². The number of benzene rings is 1. The lowest BCUT2D eigenvalue weighted by Crippen LogP contribution is -2.23. The smallest absolute Gasteiger partial charge is 0.251 e. The Morgan fingerprint density at radius 3 is 2.69 bits per heavy atom. The van der Waals surface area contributed by atoms with Crippen molar-refractivity contribution in [2.45, 2.75) is 40.4 Å². The molecule has 0 atom stereocenters. The van der Waals surface area contributed by atoms with Crippen LogP contribution in [-0.4, -0.2) is 25.5 Å². The van der Waals surface area contributed by atoms with Gasteiger partial charge in [-0.05, 0) is 60.5 Å². The molecule has 0 bridgehead atoms. The topological polar surface area (TPSA) is 64.7 Å². The third kappa shape index (κ3) is 4.22. The molecule has 1 aromatic carbocycles. The molecule has 1 N–H and O–H groups in total. The Morgan fingerprint density at radius 2 is 2.04 bits per heavy atom. The highest BCUT2D eigenvalue weighted by molar-refractivity contribution is 9.10. The van der Waals surface area contributed by atoms with E-state index in [4.69, 9.17) is 0 Å². The predicted octanol–water partition coefficient (Wildman–Crippen LogP) is 3.46. The summed E-state index contributed by atoms with van der Waals surface area (Å²) in [5, 5.41) is 11.8. The van der Waals surface area contributed by atoms with Crippen LogP contribution in [0.3, 0.4) is 0 Å². The van der Waals surface area contributed by atoms with E-state index in [0.717, 1.165) is 33.7 Å². The first-order chi connectivity index (χ1) is 12.5. The molecular weight excluding hydrogens is 394 g/mol. The van der Waals surface area contributed by atoms with Crippen LogP contribution in [0.15, 0.2) is 41.0 Å². The highest BCUT2D eigenvalue weighted by Gasteiger charge is 2.11. The molecule has 0 aliphatic rings. The second kappa shape index (κ2) is 7.86. The number of hydrogen-bond acceptors (Lipinski definition) is 3. The van der Waals surface area contributed by atoms with Crippen LogP contribution < -0.4 is 5.32 Å². The fourth-order valence-corrected chi connectivity index (χ4v) is 3.26. The van der Waals surface area contributed by atoms with Gasteiger partial charge in [-0.1, -0.05) is 12.1 Å². The van der Waals surface area contributed by atoms with Gasteiger partial charge in [0.05, 0.1) is 29.0 Å².